The molecule has 0 aliphatic carbocycles. The molecule has 8 heteroatoms. The highest BCUT2D eigenvalue weighted by atomic mass is 16.3. The van der Waals surface area contributed by atoms with Crippen LogP contribution in [0.2, 0.25) is 0 Å². The van der Waals surface area contributed by atoms with Crippen molar-refractivity contribution in [3.05, 3.63) is 35.3 Å². The summed E-state index contributed by atoms with van der Waals surface area (Å²) in [4.78, 5) is 4.48. The zero-order valence-electron chi connectivity index (χ0n) is 14.9. The number of aromatic nitrogens is 3. The first kappa shape index (κ1) is 18.0. The van der Waals surface area contributed by atoms with Gasteiger partial charge in [0, 0.05) is 19.2 Å². The quantitative estimate of drug-likeness (QED) is 0.538. The van der Waals surface area contributed by atoms with Crippen molar-refractivity contribution in [1.29, 1.82) is 0 Å². The number of furan rings is 1. The summed E-state index contributed by atoms with van der Waals surface area (Å²) in [5, 5.41) is 24.9. The Morgan fingerprint density at radius 3 is 2.71 bits per heavy atom. The zero-order chi connectivity index (χ0) is 17.7. The largest absolute Gasteiger partial charge is 0.466 e. The minimum atomic E-state index is -1.07. The third-order valence-electron chi connectivity index (χ3n) is 3.75. The Bertz CT molecular complexity index is 701. The molecule has 2 rings (SSSR count). The van der Waals surface area contributed by atoms with E-state index in [1.54, 1.807) is 13.3 Å². The van der Waals surface area contributed by atoms with Gasteiger partial charge in [0.05, 0.1) is 6.54 Å². The van der Waals surface area contributed by atoms with Crippen LogP contribution in [0.25, 0.3) is 0 Å². The third kappa shape index (κ3) is 4.35. The van der Waals surface area contributed by atoms with Crippen LogP contribution in [0.15, 0.2) is 21.8 Å². The molecule has 0 radical (unpaired) electrons. The molecule has 3 N–H and O–H groups in total. The molecule has 0 bridgehead atoms. The predicted octanol–water partition coefficient (Wildman–Crippen LogP) is 0.988. The summed E-state index contributed by atoms with van der Waals surface area (Å²) >= 11 is 0. The van der Waals surface area contributed by atoms with Gasteiger partial charge in [0.15, 0.2) is 11.8 Å². The van der Waals surface area contributed by atoms with Gasteiger partial charge in [0.2, 0.25) is 0 Å². The van der Waals surface area contributed by atoms with Gasteiger partial charge in [-0.3, -0.25) is 0 Å². The summed E-state index contributed by atoms with van der Waals surface area (Å²) in [6.07, 6.45) is 1.64. The Balaban J connectivity index is 2.05. The normalized spacial score (nSPS) is 14.5. The summed E-state index contributed by atoms with van der Waals surface area (Å²) < 4.78 is 7.33. The lowest BCUT2D eigenvalue weighted by Crippen LogP contribution is -2.44. The van der Waals surface area contributed by atoms with Crippen molar-refractivity contribution >= 4 is 5.96 Å². The fraction of sp³-hybridized carbons (Fsp3) is 0.562. The summed E-state index contributed by atoms with van der Waals surface area (Å²) in [6, 6.07) is 1.86. The van der Waals surface area contributed by atoms with Gasteiger partial charge in [0.1, 0.15) is 30.0 Å². The van der Waals surface area contributed by atoms with Gasteiger partial charge in [-0.25, -0.2) is 4.99 Å². The van der Waals surface area contributed by atoms with E-state index >= 15 is 0 Å². The molecule has 0 saturated heterocycles. The molecule has 2 aromatic rings. The molecule has 2 heterocycles. The van der Waals surface area contributed by atoms with Crippen LogP contribution in [-0.4, -0.2) is 38.9 Å². The van der Waals surface area contributed by atoms with Gasteiger partial charge in [-0.05, 0) is 33.8 Å². The van der Waals surface area contributed by atoms with Gasteiger partial charge in [-0.1, -0.05) is 0 Å². The molecule has 24 heavy (non-hydrogen) atoms. The molecular formula is C16H26N6O2. The molecule has 2 aromatic heterocycles. The first-order valence-electron chi connectivity index (χ1n) is 7.98. The molecule has 0 aliphatic heterocycles. The smallest absolute Gasteiger partial charge is 0.191 e. The summed E-state index contributed by atoms with van der Waals surface area (Å²) in [7, 11) is 1.88. The Kier molecular flexibility index (Phi) is 5.61. The second-order valence-corrected chi connectivity index (χ2v) is 6.01. The number of aliphatic hydroxyl groups is 1. The maximum Gasteiger partial charge on any atom is 0.191 e. The van der Waals surface area contributed by atoms with Crippen LogP contribution < -0.4 is 10.6 Å². The number of aliphatic imine (C=N–C) groups is 1. The van der Waals surface area contributed by atoms with Crippen LogP contribution in [0.5, 0.6) is 0 Å². The van der Waals surface area contributed by atoms with Crippen LogP contribution >= 0.6 is 0 Å². The van der Waals surface area contributed by atoms with Crippen LogP contribution in [0.3, 0.4) is 0 Å². The molecule has 132 valence electrons. The number of hydrogen-bond acceptors (Lipinski definition) is 5. The highest BCUT2D eigenvalue weighted by molar-refractivity contribution is 5.79. The van der Waals surface area contributed by atoms with Crippen LogP contribution in [0.1, 0.15) is 36.8 Å². The monoisotopic (exact) mass is 334 g/mol. The van der Waals surface area contributed by atoms with Crippen molar-refractivity contribution < 1.29 is 9.52 Å². The van der Waals surface area contributed by atoms with E-state index in [1.807, 2.05) is 38.5 Å². The van der Waals surface area contributed by atoms with Gasteiger partial charge < -0.3 is 24.7 Å². The van der Waals surface area contributed by atoms with Gasteiger partial charge >= 0.3 is 0 Å². The molecule has 0 saturated carbocycles. The SMILES string of the molecule is CCNC(=NCc1nncn1C)NCC(C)(O)c1cc(C)oc1C. The average molecular weight is 334 g/mol. The van der Waals surface area contributed by atoms with Crippen molar-refractivity contribution in [3.8, 4) is 0 Å². The number of aryl methyl sites for hydroxylation is 3. The van der Waals surface area contributed by atoms with Gasteiger partial charge in [-0.15, -0.1) is 10.2 Å². The molecular weight excluding hydrogens is 308 g/mol. The van der Waals surface area contributed by atoms with Crippen molar-refractivity contribution in [2.24, 2.45) is 12.0 Å². The third-order valence-corrected chi connectivity index (χ3v) is 3.75. The van der Waals surface area contributed by atoms with Gasteiger partial charge in [-0.2, -0.15) is 0 Å². The minimum absolute atomic E-state index is 0.303. The number of guanidine groups is 1. The molecule has 1 unspecified atom stereocenters. The van der Waals surface area contributed by atoms with Crippen LogP contribution in [-0.2, 0) is 19.2 Å². The number of nitrogens with zero attached hydrogens (tertiary/aromatic N) is 4. The second-order valence-electron chi connectivity index (χ2n) is 6.01. The lowest BCUT2D eigenvalue weighted by Gasteiger charge is -2.24. The Morgan fingerprint density at radius 2 is 2.17 bits per heavy atom. The van der Waals surface area contributed by atoms with E-state index in [-0.39, 0.29) is 0 Å². The molecule has 0 spiro atoms. The fourth-order valence-electron chi connectivity index (χ4n) is 2.46. The molecule has 0 aliphatic rings. The Hall–Kier alpha value is -2.35. The minimum Gasteiger partial charge on any atom is -0.466 e. The first-order chi connectivity index (χ1) is 11.3. The maximum absolute atomic E-state index is 10.8. The molecule has 0 amide bonds. The number of hydrogen-bond donors (Lipinski definition) is 3. The number of rotatable bonds is 6. The Labute approximate surface area is 142 Å². The predicted molar refractivity (Wildman–Crippen MR) is 91.6 cm³/mol. The Morgan fingerprint density at radius 1 is 1.42 bits per heavy atom. The van der Waals surface area contributed by atoms with Crippen molar-refractivity contribution in [2.75, 3.05) is 13.1 Å². The van der Waals surface area contributed by atoms with Gasteiger partial charge in [0.25, 0.3) is 0 Å². The van der Waals surface area contributed by atoms with Crippen molar-refractivity contribution in [2.45, 2.75) is 39.8 Å². The van der Waals surface area contributed by atoms with E-state index in [4.69, 9.17) is 4.42 Å². The van der Waals surface area contributed by atoms with E-state index in [2.05, 4.69) is 25.8 Å². The summed E-state index contributed by atoms with van der Waals surface area (Å²) in [5.41, 5.74) is -0.292. The second kappa shape index (κ2) is 7.48. The first-order valence-corrected chi connectivity index (χ1v) is 7.98. The highest BCUT2D eigenvalue weighted by Crippen LogP contribution is 2.26. The molecule has 0 fully saturated rings. The zero-order valence-corrected chi connectivity index (χ0v) is 14.9. The molecule has 8 nitrogen and oxygen atoms in total. The molecule has 1 atom stereocenters. The van der Waals surface area contributed by atoms with E-state index < -0.39 is 5.60 Å². The van der Waals surface area contributed by atoms with Crippen molar-refractivity contribution in [1.82, 2.24) is 25.4 Å². The fourth-order valence-corrected chi connectivity index (χ4v) is 2.46. The van der Waals surface area contributed by atoms with E-state index in [1.165, 1.54) is 0 Å². The van der Waals surface area contributed by atoms with Crippen molar-refractivity contribution in [3.63, 3.8) is 0 Å². The highest BCUT2D eigenvalue weighted by Gasteiger charge is 2.27. The summed E-state index contributed by atoms with van der Waals surface area (Å²) in [6.45, 7) is 8.88. The summed E-state index contributed by atoms with van der Waals surface area (Å²) in [5.74, 6) is 2.88. The molecule has 0 aromatic carbocycles. The maximum atomic E-state index is 10.8. The lowest BCUT2D eigenvalue weighted by atomic mass is 9.96. The average Bonchev–Trinajstić information content (AvgIpc) is 3.07. The van der Waals surface area contributed by atoms with E-state index in [0.717, 1.165) is 29.5 Å². The topological polar surface area (TPSA) is 100 Å². The van der Waals surface area contributed by atoms with E-state index in [0.29, 0.717) is 19.0 Å². The lowest BCUT2D eigenvalue weighted by molar-refractivity contribution is 0.0601. The van der Waals surface area contributed by atoms with E-state index in [9.17, 15) is 5.11 Å². The number of nitrogens with one attached hydrogen (secondary N) is 2. The van der Waals surface area contributed by atoms with Crippen LogP contribution in [0.4, 0.5) is 0 Å². The standard InChI is InChI=1S/C16H26N6O2/c1-6-17-15(18-8-14-21-20-10-22(14)5)19-9-16(4,23)13-7-11(2)24-12(13)3/h7,10,23H,6,8-9H2,1-5H3,(H2,17,18,19). The van der Waals surface area contributed by atoms with Crippen LogP contribution in [0, 0.1) is 13.8 Å².